The number of hydrogen-bond donors (Lipinski definition) is 0. The summed E-state index contributed by atoms with van der Waals surface area (Å²) in [6, 6.07) is 11.2. The highest BCUT2D eigenvalue weighted by Gasteiger charge is 2.23. The van der Waals surface area contributed by atoms with E-state index in [0.29, 0.717) is 24.4 Å². The topological polar surface area (TPSA) is 25.2 Å². The normalized spacial score (nSPS) is 16.0. The lowest BCUT2D eigenvalue weighted by Gasteiger charge is -2.33. The number of halogens is 1. The molecule has 0 spiro atoms. The highest BCUT2D eigenvalue weighted by Crippen LogP contribution is 2.23. The second kappa shape index (κ2) is 6.77. The molecule has 0 aliphatic carbocycles. The summed E-state index contributed by atoms with van der Waals surface area (Å²) in [5, 5.41) is 0. The second-order valence-corrected chi connectivity index (χ2v) is 5.83. The van der Waals surface area contributed by atoms with Gasteiger partial charge in [0.25, 0.3) is 0 Å². The summed E-state index contributed by atoms with van der Waals surface area (Å²) >= 11 is 0. The zero-order valence-corrected chi connectivity index (χ0v) is 12.6. The van der Waals surface area contributed by atoms with Gasteiger partial charge in [-0.3, -0.25) is 4.79 Å². The molecule has 22 heavy (non-hydrogen) atoms. The molecule has 1 fully saturated rings. The van der Waals surface area contributed by atoms with Gasteiger partial charge in [-0.05, 0) is 43.0 Å². The Kier molecular flexibility index (Phi) is 4.56. The Labute approximate surface area is 130 Å². The minimum atomic E-state index is -0.221. The molecule has 3 nitrogen and oxygen atoms in total. The number of carbonyl (C=O) groups excluding carboxylic acids is 1. The van der Waals surface area contributed by atoms with Gasteiger partial charge in [-0.2, -0.15) is 0 Å². The molecule has 0 atom stereocenters. The van der Waals surface area contributed by atoms with E-state index in [9.17, 15) is 9.18 Å². The van der Waals surface area contributed by atoms with Crippen LogP contribution in [-0.2, 0) is 11.2 Å². The summed E-state index contributed by atoms with van der Waals surface area (Å²) in [6.45, 7) is 1.58. The third-order valence-electron chi connectivity index (χ3n) is 4.43. The Morgan fingerprint density at radius 1 is 1.09 bits per heavy atom. The van der Waals surface area contributed by atoms with E-state index in [1.807, 2.05) is 23.1 Å². The molecule has 1 aromatic carbocycles. The largest absolute Gasteiger partial charge is 0.351 e. The van der Waals surface area contributed by atoms with Gasteiger partial charge in [-0.25, -0.2) is 4.39 Å². The second-order valence-electron chi connectivity index (χ2n) is 5.83. The van der Waals surface area contributed by atoms with Crippen molar-refractivity contribution in [3.8, 4) is 0 Å². The van der Waals surface area contributed by atoms with Gasteiger partial charge in [-0.1, -0.05) is 18.2 Å². The van der Waals surface area contributed by atoms with E-state index in [0.717, 1.165) is 25.9 Å². The van der Waals surface area contributed by atoms with E-state index in [1.165, 1.54) is 6.07 Å². The minimum Gasteiger partial charge on any atom is -0.351 e. The molecule has 1 saturated heterocycles. The number of carbonyl (C=O) groups is 1. The van der Waals surface area contributed by atoms with Gasteiger partial charge >= 0.3 is 0 Å². The molecule has 2 heterocycles. The molecular weight excluding hydrogens is 279 g/mol. The van der Waals surface area contributed by atoms with Gasteiger partial charge in [0.2, 0.25) is 5.91 Å². The molecule has 0 bridgehead atoms. The monoisotopic (exact) mass is 300 g/mol. The van der Waals surface area contributed by atoms with Gasteiger partial charge in [0.1, 0.15) is 5.82 Å². The quantitative estimate of drug-likeness (QED) is 0.849. The number of amides is 1. The zero-order valence-electron chi connectivity index (χ0n) is 12.6. The van der Waals surface area contributed by atoms with Gasteiger partial charge in [0.15, 0.2) is 0 Å². The first-order chi connectivity index (χ1) is 10.7. The molecular formula is C18H21FN2O. The number of likely N-dealkylation sites (tertiary alicyclic amines) is 1. The van der Waals surface area contributed by atoms with E-state index in [1.54, 1.807) is 12.1 Å². The number of piperidine rings is 1. The first-order valence-electron chi connectivity index (χ1n) is 7.87. The van der Waals surface area contributed by atoms with E-state index in [4.69, 9.17) is 0 Å². The van der Waals surface area contributed by atoms with Crippen molar-refractivity contribution >= 4 is 5.91 Å². The van der Waals surface area contributed by atoms with Crippen molar-refractivity contribution in [2.24, 2.45) is 0 Å². The molecule has 4 heteroatoms. The smallest absolute Gasteiger partial charge is 0.222 e. The van der Waals surface area contributed by atoms with Crippen molar-refractivity contribution in [3.63, 3.8) is 0 Å². The number of rotatable bonds is 4. The van der Waals surface area contributed by atoms with Crippen LogP contribution in [0.3, 0.4) is 0 Å². The van der Waals surface area contributed by atoms with Crippen LogP contribution in [0.25, 0.3) is 0 Å². The lowest BCUT2D eigenvalue weighted by molar-refractivity contribution is -0.132. The van der Waals surface area contributed by atoms with Crippen LogP contribution in [0.1, 0.15) is 30.9 Å². The predicted octanol–water partition coefficient (Wildman–Crippen LogP) is 3.42. The van der Waals surface area contributed by atoms with Crippen LogP contribution >= 0.6 is 0 Å². The molecule has 1 aliphatic rings. The third-order valence-corrected chi connectivity index (χ3v) is 4.43. The Morgan fingerprint density at radius 2 is 1.77 bits per heavy atom. The number of aryl methyl sites for hydroxylation is 1. The number of benzene rings is 1. The van der Waals surface area contributed by atoms with Crippen molar-refractivity contribution < 1.29 is 9.18 Å². The first-order valence-corrected chi connectivity index (χ1v) is 7.87. The van der Waals surface area contributed by atoms with Gasteiger partial charge < -0.3 is 9.47 Å². The SMILES string of the molecule is O=C(CCc1ccccc1F)N1CCC(n2cccc2)CC1. The van der Waals surface area contributed by atoms with Crippen LogP contribution < -0.4 is 0 Å². The van der Waals surface area contributed by atoms with Crippen LogP contribution in [0.4, 0.5) is 4.39 Å². The first kappa shape index (κ1) is 14.8. The average Bonchev–Trinajstić information content (AvgIpc) is 3.08. The van der Waals surface area contributed by atoms with Crippen molar-refractivity contribution in [1.82, 2.24) is 9.47 Å². The fraction of sp³-hybridized carbons (Fsp3) is 0.389. The van der Waals surface area contributed by atoms with Crippen molar-refractivity contribution in [2.75, 3.05) is 13.1 Å². The van der Waals surface area contributed by atoms with Crippen LogP contribution in [0.5, 0.6) is 0 Å². The maximum Gasteiger partial charge on any atom is 0.222 e. The molecule has 0 radical (unpaired) electrons. The molecule has 0 N–H and O–H groups in total. The molecule has 1 aliphatic heterocycles. The van der Waals surface area contributed by atoms with Crippen molar-refractivity contribution in [3.05, 3.63) is 60.2 Å². The molecule has 1 aromatic heterocycles. The van der Waals surface area contributed by atoms with Crippen molar-refractivity contribution in [1.29, 1.82) is 0 Å². The lowest BCUT2D eigenvalue weighted by atomic mass is 10.0. The Hall–Kier alpha value is -2.10. The molecule has 0 unspecified atom stereocenters. The molecule has 3 rings (SSSR count). The summed E-state index contributed by atoms with van der Waals surface area (Å²) in [4.78, 5) is 14.2. The van der Waals surface area contributed by atoms with Crippen LogP contribution in [-0.4, -0.2) is 28.5 Å². The predicted molar refractivity (Wildman–Crippen MR) is 84.0 cm³/mol. The number of aromatic nitrogens is 1. The minimum absolute atomic E-state index is 0.134. The van der Waals surface area contributed by atoms with Crippen LogP contribution in [0.15, 0.2) is 48.8 Å². The Morgan fingerprint density at radius 3 is 2.45 bits per heavy atom. The molecule has 1 amide bonds. The fourth-order valence-corrected chi connectivity index (χ4v) is 3.11. The number of hydrogen-bond acceptors (Lipinski definition) is 1. The highest BCUT2D eigenvalue weighted by molar-refractivity contribution is 5.76. The fourth-order valence-electron chi connectivity index (χ4n) is 3.11. The van der Waals surface area contributed by atoms with E-state index < -0.39 is 0 Å². The Bertz CT molecular complexity index is 616. The number of nitrogens with zero attached hydrogens (tertiary/aromatic N) is 2. The maximum absolute atomic E-state index is 13.6. The lowest BCUT2D eigenvalue weighted by Crippen LogP contribution is -2.39. The molecule has 2 aromatic rings. The van der Waals surface area contributed by atoms with E-state index >= 15 is 0 Å². The summed E-state index contributed by atoms with van der Waals surface area (Å²) in [7, 11) is 0. The van der Waals surface area contributed by atoms with E-state index in [-0.39, 0.29) is 11.7 Å². The summed E-state index contributed by atoms with van der Waals surface area (Å²) in [5.74, 6) is -0.0872. The van der Waals surface area contributed by atoms with Gasteiger partial charge in [0, 0.05) is 37.9 Å². The highest BCUT2D eigenvalue weighted by atomic mass is 19.1. The zero-order chi connectivity index (χ0) is 15.4. The summed E-state index contributed by atoms with van der Waals surface area (Å²) in [6.07, 6.45) is 7.00. The van der Waals surface area contributed by atoms with Crippen LogP contribution in [0.2, 0.25) is 0 Å². The molecule has 0 saturated carbocycles. The van der Waals surface area contributed by atoms with E-state index in [2.05, 4.69) is 17.0 Å². The molecule has 116 valence electrons. The van der Waals surface area contributed by atoms with Gasteiger partial charge in [0.05, 0.1) is 0 Å². The standard InChI is InChI=1S/C18H21FN2O/c19-17-6-2-1-5-15(17)7-8-18(22)21-13-9-16(10-14-21)20-11-3-4-12-20/h1-6,11-12,16H,7-10,13-14H2. The van der Waals surface area contributed by atoms with Crippen molar-refractivity contribution in [2.45, 2.75) is 31.7 Å². The van der Waals surface area contributed by atoms with Gasteiger partial charge in [-0.15, -0.1) is 0 Å². The third kappa shape index (κ3) is 3.38. The average molecular weight is 300 g/mol. The maximum atomic E-state index is 13.6. The summed E-state index contributed by atoms with van der Waals surface area (Å²) < 4.78 is 15.8. The summed E-state index contributed by atoms with van der Waals surface area (Å²) in [5.41, 5.74) is 0.623. The Balaban J connectivity index is 1.49. The van der Waals surface area contributed by atoms with Crippen LogP contribution in [0, 0.1) is 5.82 Å².